The number of hydrogen-bond acceptors (Lipinski definition) is 4. The third kappa shape index (κ3) is 5.68. The number of benzene rings is 1. The summed E-state index contributed by atoms with van der Waals surface area (Å²) in [5, 5.41) is 6.62. The van der Waals surface area contributed by atoms with Crippen LogP contribution in [0.15, 0.2) is 35.6 Å². The van der Waals surface area contributed by atoms with E-state index >= 15 is 0 Å². The first-order chi connectivity index (χ1) is 12.7. The van der Waals surface area contributed by atoms with Gasteiger partial charge in [0.2, 0.25) is 0 Å². The Balaban J connectivity index is 1.80. The molecule has 2 rings (SSSR count). The van der Waals surface area contributed by atoms with Crippen LogP contribution in [-0.4, -0.2) is 42.8 Å². The van der Waals surface area contributed by atoms with E-state index in [-0.39, 0.29) is 0 Å². The topological polar surface area (TPSA) is 72.7 Å². The molecule has 1 aromatic carbocycles. The Kier molecular flexibility index (Phi) is 7.79. The van der Waals surface area contributed by atoms with Crippen molar-refractivity contribution >= 4 is 11.6 Å². The van der Waals surface area contributed by atoms with Crippen molar-refractivity contribution in [2.75, 3.05) is 32.6 Å². The SMILES string of the molecule is CCOc1cc(NC(=NC)NCCCCn2ccnc2C)ccc1OC. The molecule has 0 aliphatic heterocycles. The molecular formula is C19H29N5O2. The van der Waals surface area contributed by atoms with Gasteiger partial charge in [-0.3, -0.25) is 4.99 Å². The number of imidazole rings is 1. The van der Waals surface area contributed by atoms with Gasteiger partial charge in [-0.05, 0) is 38.8 Å². The number of aliphatic imine (C=N–C) groups is 1. The highest BCUT2D eigenvalue weighted by atomic mass is 16.5. The van der Waals surface area contributed by atoms with E-state index in [1.807, 2.05) is 44.4 Å². The smallest absolute Gasteiger partial charge is 0.195 e. The first-order valence-electron chi connectivity index (χ1n) is 8.94. The molecule has 0 bridgehead atoms. The van der Waals surface area contributed by atoms with Crippen molar-refractivity contribution in [3.05, 3.63) is 36.4 Å². The van der Waals surface area contributed by atoms with Gasteiger partial charge < -0.3 is 24.7 Å². The maximum atomic E-state index is 5.61. The van der Waals surface area contributed by atoms with Crippen molar-refractivity contribution < 1.29 is 9.47 Å². The molecule has 2 N–H and O–H groups in total. The summed E-state index contributed by atoms with van der Waals surface area (Å²) in [6, 6.07) is 5.74. The predicted molar refractivity (Wildman–Crippen MR) is 105 cm³/mol. The van der Waals surface area contributed by atoms with Gasteiger partial charge in [-0.15, -0.1) is 0 Å². The highest BCUT2D eigenvalue weighted by Crippen LogP contribution is 2.30. The summed E-state index contributed by atoms with van der Waals surface area (Å²) in [7, 11) is 3.40. The van der Waals surface area contributed by atoms with E-state index in [1.54, 1.807) is 14.2 Å². The lowest BCUT2D eigenvalue weighted by atomic mass is 10.2. The van der Waals surface area contributed by atoms with Crippen LogP contribution in [-0.2, 0) is 6.54 Å². The molecule has 0 aliphatic rings. The number of aryl methyl sites for hydroxylation is 2. The van der Waals surface area contributed by atoms with Crippen LogP contribution in [0.3, 0.4) is 0 Å². The number of nitrogens with zero attached hydrogens (tertiary/aromatic N) is 3. The molecule has 7 heteroatoms. The van der Waals surface area contributed by atoms with Crippen molar-refractivity contribution in [2.45, 2.75) is 33.2 Å². The highest BCUT2D eigenvalue weighted by molar-refractivity contribution is 5.93. The average Bonchev–Trinajstić information content (AvgIpc) is 3.06. The number of anilines is 1. The first-order valence-corrected chi connectivity index (χ1v) is 8.94. The van der Waals surface area contributed by atoms with E-state index in [1.165, 1.54) is 0 Å². The first kappa shape index (κ1) is 19.6. The molecule has 1 heterocycles. The molecule has 0 amide bonds. The number of rotatable bonds is 9. The van der Waals surface area contributed by atoms with Gasteiger partial charge in [0.15, 0.2) is 17.5 Å². The van der Waals surface area contributed by atoms with Gasteiger partial charge in [0.05, 0.1) is 13.7 Å². The second-order valence-corrected chi connectivity index (χ2v) is 5.80. The van der Waals surface area contributed by atoms with Gasteiger partial charge in [0, 0.05) is 44.3 Å². The molecule has 7 nitrogen and oxygen atoms in total. The molecule has 26 heavy (non-hydrogen) atoms. The summed E-state index contributed by atoms with van der Waals surface area (Å²) in [5.41, 5.74) is 0.899. The summed E-state index contributed by atoms with van der Waals surface area (Å²) >= 11 is 0. The molecule has 0 saturated heterocycles. The molecule has 0 fully saturated rings. The number of ether oxygens (including phenoxy) is 2. The van der Waals surface area contributed by atoms with E-state index in [0.29, 0.717) is 12.4 Å². The monoisotopic (exact) mass is 359 g/mol. The molecule has 0 unspecified atom stereocenters. The molecule has 0 spiro atoms. The standard InChI is InChI=1S/C19H29N5O2/c1-5-26-18-14-16(8-9-17(18)25-4)23-19(20-3)22-10-6-7-12-24-13-11-21-15(24)2/h8-9,11,13-14H,5-7,10,12H2,1-4H3,(H2,20,22,23). The number of aromatic nitrogens is 2. The molecule has 0 saturated carbocycles. The minimum atomic E-state index is 0.586. The van der Waals surface area contributed by atoms with Crippen LogP contribution >= 0.6 is 0 Å². The number of methoxy groups -OCH3 is 1. The highest BCUT2D eigenvalue weighted by Gasteiger charge is 2.07. The quantitative estimate of drug-likeness (QED) is 0.409. The fourth-order valence-electron chi connectivity index (χ4n) is 2.59. The van der Waals surface area contributed by atoms with Crippen LogP contribution in [0.5, 0.6) is 11.5 Å². The van der Waals surface area contributed by atoms with Gasteiger partial charge in [-0.2, -0.15) is 0 Å². The molecule has 0 radical (unpaired) electrons. The largest absolute Gasteiger partial charge is 0.493 e. The molecule has 0 aliphatic carbocycles. The zero-order valence-corrected chi connectivity index (χ0v) is 16.1. The van der Waals surface area contributed by atoms with E-state index in [2.05, 4.69) is 25.2 Å². The van der Waals surface area contributed by atoms with E-state index < -0.39 is 0 Å². The van der Waals surface area contributed by atoms with Crippen molar-refractivity contribution in [1.82, 2.24) is 14.9 Å². The van der Waals surface area contributed by atoms with Crippen LogP contribution in [0.1, 0.15) is 25.6 Å². The van der Waals surface area contributed by atoms with E-state index in [0.717, 1.165) is 49.2 Å². The summed E-state index contributed by atoms with van der Waals surface area (Å²) < 4.78 is 13.1. The molecule has 0 atom stereocenters. The van der Waals surface area contributed by atoms with Crippen LogP contribution < -0.4 is 20.1 Å². The molecule has 142 valence electrons. The van der Waals surface area contributed by atoms with Gasteiger partial charge in [0.1, 0.15) is 5.82 Å². The lowest BCUT2D eigenvalue weighted by Gasteiger charge is -2.14. The number of unbranched alkanes of at least 4 members (excludes halogenated alkanes) is 1. The fraction of sp³-hybridized carbons (Fsp3) is 0.474. The minimum absolute atomic E-state index is 0.586. The van der Waals surface area contributed by atoms with Crippen LogP contribution in [0.25, 0.3) is 0 Å². The van der Waals surface area contributed by atoms with Crippen LogP contribution in [0, 0.1) is 6.92 Å². The Morgan fingerprint density at radius 3 is 2.77 bits per heavy atom. The summed E-state index contributed by atoms with van der Waals surface area (Å²) in [6.07, 6.45) is 5.98. The van der Waals surface area contributed by atoms with Crippen molar-refractivity contribution in [3.8, 4) is 11.5 Å². The zero-order valence-electron chi connectivity index (χ0n) is 16.1. The Hall–Kier alpha value is -2.70. The van der Waals surface area contributed by atoms with Crippen molar-refractivity contribution in [3.63, 3.8) is 0 Å². The normalized spacial score (nSPS) is 11.3. The second kappa shape index (κ2) is 10.3. The number of nitrogens with one attached hydrogen (secondary N) is 2. The molecule has 2 aromatic rings. The number of hydrogen-bond donors (Lipinski definition) is 2. The third-order valence-electron chi connectivity index (χ3n) is 3.99. The summed E-state index contributed by atoms with van der Waals surface area (Å²) in [6.45, 7) is 6.39. The molecule has 1 aromatic heterocycles. The van der Waals surface area contributed by atoms with Gasteiger partial charge in [-0.25, -0.2) is 4.98 Å². The molecular weight excluding hydrogens is 330 g/mol. The van der Waals surface area contributed by atoms with Crippen LogP contribution in [0.2, 0.25) is 0 Å². The Labute approximate surface area is 155 Å². The third-order valence-corrected chi connectivity index (χ3v) is 3.99. The van der Waals surface area contributed by atoms with Crippen molar-refractivity contribution in [1.29, 1.82) is 0 Å². The van der Waals surface area contributed by atoms with Crippen molar-refractivity contribution in [2.24, 2.45) is 4.99 Å². The summed E-state index contributed by atoms with van der Waals surface area (Å²) in [5.74, 6) is 3.22. The average molecular weight is 359 g/mol. The second-order valence-electron chi connectivity index (χ2n) is 5.80. The number of guanidine groups is 1. The van der Waals surface area contributed by atoms with Crippen LogP contribution in [0.4, 0.5) is 5.69 Å². The van der Waals surface area contributed by atoms with Gasteiger partial charge >= 0.3 is 0 Å². The lowest BCUT2D eigenvalue weighted by molar-refractivity contribution is 0.311. The Morgan fingerprint density at radius 1 is 1.27 bits per heavy atom. The van der Waals surface area contributed by atoms with E-state index in [4.69, 9.17) is 9.47 Å². The Bertz CT molecular complexity index is 712. The van der Waals surface area contributed by atoms with Gasteiger partial charge in [0.25, 0.3) is 0 Å². The van der Waals surface area contributed by atoms with Gasteiger partial charge in [-0.1, -0.05) is 0 Å². The maximum absolute atomic E-state index is 5.61. The Morgan fingerprint density at radius 2 is 2.12 bits per heavy atom. The predicted octanol–water partition coefficient (Wildman–Crippen LogP) is 3.07. The summed E-state index contributed by atoms with van der Waals surface area (Å²) in [4.78, 5) is 8.51. The fourth-order valence-corrected chi connectivity index (χ4v) is 2.59. The maximum Gasteiger partial charge on any atom is 0.195 e. The zero-order chi connectivity index (χ0) is 18.8. The lowest BCUT2D eigenvalue weighted by Crippen LogP contribution is -2.31. The minimum Gasteiger partial charge on any atom is -0.493 e. The van der Waals surface area contributed by atoms with E-state index in [9.17, 15) is 0 Å².